The molecule has 0 spiro atoms. The lowest BCUT2D eigenvalue weighted by molar-refractivity contribution is -0.116. The highest BCUT2D eigenvalue weighted by atomic mass is 32.2. The van der Waals surface area contributed by atoms with E-state index in [0.29, 0.717) is 27.9 Å². The summed E-state index contributed by atoms with van der Waals surface area (Å²) < 4.78 is 15.7. The van der Waals surface area contributed by atoms with Gasteiger partial charge in [0.25, 0.3) is 5.56 Å². The molecule has 1 atom stereocenters. The van der Waals surface area contributed by atoms with E-state index in [2.05, 4.69) is 10.3 Å². The molecule has 160 valence electrons. The summed E-state index contributed by atoms with van der Waals surface area (Å²) in [5.41, 5.74) is 1.55. The van der Waals surface area contributed by atoms with Crippen LogP contribution in [0.4, 0.5) is 10.2 Å². The standard InChI is InChI=1S/C25H20FN3O2S/c1-29-23-22(24(31)28-25(29)32-14-18-8-4-5-9-20(18)26)19(13-21(30)27-23)17-11-10-15-6-2-3-7-16(15)12-17/h2-12,19H,13-14H2,1H3,(H,27,30). The van der Waals surface area contributed by atoms with Gasteiger partial charge in [-0.15, -0.1) is 0 Å². The van der Waals surface area contributed by atoms with Crippen molar-refractivity contribution in [3.05, 3.63) is 99.6 Å². The molecule has 3 aromatic carbocycles. The SMILES string of the molecule is Cn1c(SCc2ccccc2F)nc(=O)c2c1NC(=O)CC2c1ccc2ccccc2c1. The van der Waals surface area contributed by atoms with Crippen LogP contribution in [0.15, 0.2) is 76.7 Å². The van der Waals surface area contributed by atoms with E-state index in [0.717, 1.165) is 16.3 Å². The van der Waals surface area contributed by atoms with Gasteiger partial charge in [-0.2, -0.15) is 4.98 Å². The molecule has 32 heavy (non-hydrogen) atoms. The van der Waals surface area contributed by atoms with Crippen molar-refractivity contribution in [3.8, 4) is 0 Å². The Morgan fingerprint density at radius 1 is 1.06 bits per heavy atom. The van der Waals surface area contributed by atoms with E-state index in [1.165, 1.54) is 17.8 Å². The molecule has 1 unspecified atom stereocenters. The van der Waals surface area contributed by atoms with Crippen LogP contribution in [0, 0.1) is 5.82 Å². The average Bonchev–Trinajstić information content (AvgIpc) is 2.80. The molecular weight excluding hydrogens is 425 g/mol. The predicted octanol–water partition coefficient (Wildman–Crippen LogP) is 4.84. The minimum Gasteiger partial charge on any atom is -0.312 e. The zero-order valence-electron chi connectivity index (χ0n) is 17.3. The zero-order valence-corrected chi connectivity index (χ0v) is 18.2. The number of carbonyl (C=O) groups excluding carboxylic acids is 1. The second-order valence-corrected chi connectivity index (χ2v) is 8.75. The summed E-state index contributed by atoms with van der Waals surface area (Å²) >= 11 is 1.26. The van der Waals surface area contributed by atoms with Gasteiger partial charge >= 0.3 is 0 Å². The molecule has 7 heteroatoms. The van der Waals surface area contributed by atoms with Crippen LogP contribution in [0.3, 0.4) is 0 Å². The van der Waals surface area contributed by atoms with Crippen molar-refractivity contribution >= 4 is 34.3 Å². The van der Waals surface area contributed by atoms with Crippen LogP contribution in [0.2, 0.25) is 0 Å². The third-order valence-electron chi connectivity index (χ3n) is 5.79. The molecule has 2 heterocycles. The Morgan fingerprint density at radius 3 is 2.62 bits per heavy atom. The van der Waals surface area contributed by atoms with Crippen LogP contribution < -0.4 is 10.9 Å². The van der Waals surface area contributed by atoms with Gasteiger partial charge in [-0.3, -0.25) is 9.59 Å². The Labute approximate surface area is 188 Å². The molecule has 0 aliphatic carbocycles. The lowest BCUT2D eigenvalue weighted by atomic mass is 9.86. The quantitative estimate of drug-likeness (QED) is 0.361. The first-order chi connectivity index (χ1) is 15.5. The topological polar surface area (TPSA) is 64.0 Å². The van der Waals surface area contributed by atoms with Gasteiger partial charge in [-0.25, -0.2) is 4.39 Å². The number of thioether (sulfide) groups is 1. The molecule has 5 nitrogen and oxygen atoms in total. The van der Waals surface area contributed by atoms with Crippen LogP contribution in [-0.4, -0.2) is 15.5 Å². The number of hydrogen-bond donors (Lipinski definition) is 1. The first kappa shape index (κ1) is 20.5. The van der Waals surface area contributed by atoms with Crippen molar-refractivity contribution in [1.29, 1.82) is 0 Å². The maximum atomic E-state index is 14.0. The summed E-state index contributed by atoms with van der Waals surface area (Å²) in [6.45, 7) is 0. The van der Waals surface area contributed by atoms with Gasteiger partial charge in [0, 0.05) is 25.1 Å². The first-order valence-electron chi connectivity index (χ1n) is 10.3. The van der Waals surface area contributed by atoms with Gasteiger partial charge in [0.05, 0.1) is 5.56 Å². The van der Waals surface area contributed by atoms with Crippen LogP contribution in [-0.2, 0) is 17.6 Å². The van der Waals surface area contributed by atoms with Gasteiger partial charge in [0.2, 0.25) is 5.91 Å². The second kappa shape index (κ2) is 8.24. The van der Waals surface area contributed by atoms with E-state index in [-0.39, 0.29) is 29.6 Å². The second-order valence-electron chi connectivity index (χ2n) is 7.81. The number of benzene rings is 3. The van der Waals surface area contributed by atoms with Gasteiger partial charge in [-0.05, 0) is 28.0 Å². The van der Waals surface area contributed by atoms with E-state index in [1.807, 2.05) is 42.5 Å². The number of halogens is 1. The monoisotopic (exact) mass is 445 g/mol. The van der Waals surface area contributed by atoms with Crippen molar-refractivity contribution in [1.82, 2.24) is 9.55 Å². The zero-order chi connectivity index (χ0) is 22.2. The summed E-state index contributed by atoms with van der Waals surface area (Å²) in [6.07, 6.45) is 0.185. The molecule has 1 aliphatic rings. The highest BCUT2D eigenvalue weighted by molar-refractivity contribution is 7.98. The molecule has 0 bridgehead atoms. The van der Waals surface area contributed by atoms with Crippen molar-refractivity contribution in [3.63, 3.8) is 0 Å². The summed E-state index contributed by atoms with van der Waals surface area (Å²) in [5.74, 6) is -0.0431. The van der Waals surface area contributed by atoms with Crippen molar-refractivity contribution in [2.45, 2.75) is 23.2 Å². The van der Waals surface area contributed by atoms with Gasteiger partial charge < -0.3 is 9.88 Å². The first-order valence-corrected chi connectivity index (χ1v) is 11.3. The number of nitrogens with zero attached hydrogens (tertiary/aromatic N) is 2. The summed E-state index contributed by atoms with van der Waals surface area (Å²) in [6, 6.07) is 20.5. The molecule has 5 rings (SSSR count). The minimum atomic E-state index is -0.375. The highest BCUT2D eigenvalue weighted by Crippen LogP contribution is 2.37. The predicted molar refractivity (Wildman–Crippen MR) is 124 cm³/mol. The summed E-state index contributed by atoms with van der Waals surface area (Å²) in [5, 5.41) is 5.43. The van der Waals surface area contributed by atoms with E-state index < -0.39 is 0 Å². The van der Waals surface area contributed by atoms with E-state index in [1.54, 1.807) is 29.8 Å². The molecular formula is C25H20FN3O2S. The minimum absolute atomic E-state index is 0.151. The third kappa shape index (κ3) is 3.69. The van der Waals surface area contributed by atoms with Crippen LogP contribution in [0.25, 0.3) is 10.8 Å². The average molecular weight is 446 g/mol. The van der Waals surface area contributed by atoms with Crippen molar-refractivity contribution in [2.75, 3.05) is 5.32 Å². The van der Waals surface area contributed by atoms with E-state index in [4.69, 9.17) is 0 Å². The number of amides is 1. The number of anilines is 1. The Kier molecular flexibility index (Phi) is 5.27. The normalized spacial score (nSPS) is 15.4. The highest BCUT2D eigenvalue weighted by Gasteiger charge is 2.32. The molecule has 1 aromatic heterocycles. The van der Waals surface area contributed by atoms with Gasteiger partial charge in [0.1, 0.15) is 11.6 Å². The Bertz CT molecular complexity index is 1420. The maximum absolute atomic E-state index is 14.0. The summed E-state index contributed by atoms with van der Waals surface area (Å²) in [4.78, 5) is 30.0. The molecule has 0 saturated carbocycles. The van der Waals surface area contributed by atoms with E-state index >= 15 is 0 Å². The molecule has 0 fully saturated rings. The van der Waals surface area contributed by atoms with Crippen LogP contribution >= 0.6 is 11.8 Å². The molecule has 0 radical (unpaired) electrons. The molecule has 4 aromatic rings. The fraction of sp³-hybridized carbons (Fsp3) is 0.160. The van der Waals surface area contributed by atoms with Crippen LogP contribution in [0.5, 0.6) is 0 Å². The van der Waals surface area contributed by atoms with Gasteiger partial charge in [0.15, 0.2) is 5.16 Å². The maximum Gasteiger partial charge on any atom is 0.279 e. The Balaban J connectivity index is 1.55. The number of carbonyl (C=O) groups is 1. The van der Waals surface area contributed by atoms with Gasteiger partial charge in [-0.1, -0.05) is 72.4 Å². The smallest absolute Gasteiger partial charge is 0.279 e. The molecule has 1 N–H and O–H groups in total. The summed E-state index contributed by atoms with van der Waals surface area (Å²) in [7, 11) is 1.76. The number of hydrogen-bond acceptors (Lipinski definition) is 4. The number of rotatable bonds is 4. The molecule has 1 amide bonds. The van der Waals surface area contributed by atoms with Crippen molar-refractivity contribution in [2.24, 2.45) is 7.05 Å². The van der Waals surface area contributed by atoms with Crippen molar-refractivity contribution < 1.29 is 9.18 Å². The Hall–Kier alpha value is -3.45. The van der Waals surface area contributed by atoms with Crippen LogP contribution in [0.1, 0.15) is 29.0 Å². The fourth-order valence-electron chi connectivity index (χ4n) is 4.13. The fourth-order valence-corrected chi connectivity index (χ4v) is 5.08. The number of fused-ring (bicyclic) bond motifs is 2. The molecule has 1 aliphatic heterocycles. The number of nitrogens with one attached hydrogen (secondary N) is 1. The Morgan fingerprint density at radius 2 is 1.81 bits per heavy atom. The lowest BCUT2D eigenvalue weighted by Gasteiger charge is -2.27. The molecule has 0 saturated heterocycles. The largest absolute Gasteiger partial charge is 0.312 e. The van der Waals surface area contributed by atoms with E-state index in [9.17, 15) is 14.0 Å². The lowest BCUT2D eigenvalue weighted by Crippen LogP contribution is -2.33. The number of aromatic nitrogens is 2. The third-order valence-corrected chi connectivity index (χ3v) is 6.87.